The van der Waals surface area contributed by atoms with E-state index in [4.69, 9.17) is 4.74 Å². The van der Waals surface area contributed by atoms with E-state index in [0.717, 1.165) is 0 Å². The number of carbonyl (C=O) groups is 3. The first-order valence-electron chi connectivity index (χ1n) is 7.92. The minimum Gasteiger partial charge on any atom is -0.456 e. The third-order valence-electron chi connectivity index (χ3n) is 3.41. The Labute approximate surface area is 156 Å². The quantitative estimate of drug-likeness (QED) is 0.454. The van der Waals surface area contributed by atoms with Crippen LogP contribution in [0.1, 0.15) is 24.3 Å². The molecule has 2 rings (SSSR count). The van der Waals surface area contributed by atoms with E-state index in [2.05, 4.69) is 15.0 Å². The fourth-order valence-electron chi connectivity index (χ4n) is 2.11. The number of sulfonamides is 1. The number of amides is 1. The van der Waals surface area contributed by atoms with Gasteiger partial charge in [0.25, 0.3) is 0 Å². The molecule has 0 radical (unpaired) electrons. The number of aromatic amines is 1. The lowest BCUT2D eigenvalue weighted by molar-refractivity contribution is -0.144. The number of H-pyrrole nitrogens is 1. The summed E-state index contributed by atoms with van der Waals surface area (Å²) in [5.74, 6) is -1.60. The normalized spacial score (nSPS) is 12.2. The molecular formula is C17H19N3O6S. The second-order valence-electron chi connectivity index (χ2n) is 5.66. The standard InChI is InChI=1S/C17H19N3O6S/c1-11(17(23)26-10-16(22)15-4-3-9-18-15)20-27(24,25)14-7-5-13(6-8-14)19-12(2)21/h3-9,11,18,20H,10H2,1-2H3,(H,19,21)/t11-/m0/s1. The smallest absolute Gasteiger partial charge is 0.324 e. The van der Waals surface area contributed by atoms with E-state index >= 15 is 0 Å². The van der Waals surface area contributed by atoms with Crippen molar-refractivity contribution in [1.82, 2.24) is 9.71 Å². The molecule has 10 heteroatoms. The molecule has 27 heavy (non-hydrogen) atoms. The Hall–Kier alpha value is -2.98. The second kappa shape index (κ2) is 8.60. The molecule has 3 N–H and O–H groups in total. The molecule has 0 aliphatic carbocycles. The van der Waals surface area contributed by atoms with Crippen LogP contribution in [0.2, 0.25) is 0 Å². The third kappa shape index (κ3) is 5.76. The van der Waals surface area contributed by atoms with E-state index in [1.54, 1.807) is 12.3 Å². The van der Waals surface area contributed by atoms with Crippen LogP contribution in [0.15, 0.2) is 47.5 Å². The Bertz CT molecular complexity index is 920. The van der Waals surface area contributed by atoms with Gasteiger partial charge in [0.1, 0.15) is 6.04 Å². The van der Waals surface area contributed by atoms with Gasteiger partial charge in [-0.3, -0.25) is 14.4 Å². The fraction of sp³-hybridized carbons (Fsp3) is 0.235. The Morgan fingerprint density at radius 2 is 1.81 bits per heavy atom. The highest BCUT2D eigenvalue weighted by Gasteiger charge is 2.24. The number of Topliss-reactive ketones (excluding diaryl/α,β-unsaturated/α-hetero) is 1. The van der Waals surface area contributed by atoms with E-state index in [0.29, 0.717) is 5.69 Å². The number of carbonyl (C=O) groups excluding carboxylic acids is 3. The highest BCUT2D eigenvalue weighted by molar-refractivity contribution is 7.89. The van der Waals surface area contributed by atoms with E-state index < -0.39 is 34.4 Å². The maximum atomic E-state index is 12.3. The number of ether oxygens (including phenoxy) is 1. The first-order valence-corrected chi connectivity index (χ1v) is 9.40. The van der Waals surface area contributed by atoms with Crippen molar-refractivity contribution >= 4 is 33.4 Å². The molecule has 0 fully saturated rings. The highest BCUT2D eigenvalue weighted by Crippen LogP contribution is 2.14. The Balaban J connectivity index is 1.94. The Morgan fingerprint density at radius 1 is 1.15 bits per heavy atom. The van der Waals surface area contributed by atoms with Crippen molar-refractivity contribution in [2.75, 3.05) is 11.9 Å². The number of hydrogen-bond acceptors (Lipinski definition) is 6. The second-order valence-corrected chi connectivity index (χ2v) is 7.38. The van der Waals surface area contributed by atoms with Crippen LogP contribution in [0.5, 0.6) is 0 Å². The zero-order chi connectivity index (χ0) is 20.0. The molecular weight excluding hydrogens is 374 g/mol. The largest absolute Gasteiger partial charge is 0.456 e. The van der Waals surface area contributed by atoms with Crippen molar-refractivity contribution in [1.29, 1.82) is 0 Å². The molecule has 1 heterocycles. The number of ketones is 1. The lowest BCUT2D eigenvalue weighted by Crippen LogP contribution is -2.40. The van der Waals surface area contributed by atoms with Crippen LogP contribution in [-0.4, -0.2) is 43.7 Å². The van der Waals surface area contributed by atoms with Gasteiger partial charge in [0.15, 0.2) is 6.61 Å². The van der Waals surface area contributed by atoms with Gasteiger partial charge in [0.2, 0.25) is 21.7 Å². The summed E-state index contributed by atoms with van der Waals surface area (Å²) >= 11 is 0. The average Bonchev–Trinajstić information content (AvgIpc) is 3.13. The van der Waals surface area contributed by atoms with Crippen LogP contribution >= 0.6 is 0 Å². The molecule has 9 nitrogen and oxygen atoms in total. The third-order valence-corrected chi connectivity index (χ3v) is 4.97. The van der Waals surface area contributed by atoms with Gasteiger partial charge in [0, 0.05) is 18.8 Å². The molecule has 0 aliphatic heterocycles. The SMILES string of the molecule is CC(=O)Nc1ccc(S(=O)(=O)N[C@@H](C)C(=O)OCC(=O)c2ccc[nH]2)cc1. The summed E-state index contributed by atoms with van der Waals surface area (Å²) < 4.78 is 31.7. The molecule has 0 unspecified atom stereocenters. The zero-order valence-corrected chi connectivity index (χ0v) is 15.5. The monoisotopic (exact) mass is 393 g/mol. The minimum absolute atomic E-state index is 0.0845. The van der Waals surface area contributed by atoms with Gasteiger partial charge in [-0.15, -0.1) is 0 Å². The fourth-order valence-corrected chi connectivity index (χ4v) is 3.30. The lowest BCUT2D eigenvalue weighted by Gasteiger charge is -2.13. The van der Waals surface area contributed by atoms with Crippen molar-refractivity contribution < 1.29 is 27.5 Å². The zero-order valence-electron chi connectivity index (χ0n) is 14.7. The van der Waals surface area contributed by atoms with Gasteiger partial charge in [-0.05, 0) is 43.3 Å². The first-order chi connectivity index (χ1) is 12.7. The Morgan fingerprint density at radius 3 is 2.37 bits per heavy atom. The van der Waals surface area contributed by atoms with Crippen molar-refractivity contribution in [2.24, 2.45) is 0 Å². The topological polar surface area (TPSA) is 134 Å². The Kier molecular flexibility index (Phi) is 6.48. The van der Waals surface area contributed by atoms with Crippen molar-refractivity contribution in [2.45, 2.75) is 24.8 Å². The number of aromatic nitrogens is 1. The molecule has 144 valence electrons. The number of hydrogen-bond donors (Lipinski definition) is 3. The van der Waals surface area contributed by atoms with Gasteiger partial charge in [-0.1, -0.05) is 0 Å². The van der Waals surface area contributed by atoms with Crippen molar-refractivity contribution in [3.8, 4) is 0 Å². The summed E-state index contributed by atoms with van der Waals surface area (Å²) in [4.78, 5) is 37.3. The number of rotatable bonds is 8. The van der Waals surface area contributed by atoms with Gasteiger partial charge in [-0.25, -0.2) is 8.42 Å². The van der Waals surface area contributed by atoms with Crippen LogP contribution in [0, 0.1) is 0 Å². The highest BCUT2D eigenvalue weighted by atomic mass is 32.2. The summed E-state index contributed by atoms with van der Waals surface area (Å²) in [5.41, 5.74) is 0.729. The molecule has 1 atom stereocenters. The average molecular weight is 393 g/mol. The number of anilines is 1. The van der Waals surface area contributed by atoms with Gasteiger partial charge >= 0.3 is 5.97 Å². The molecule has 1 aromatic heterocycles. The van der Waals surface area contributed by atoms with Crippen molar-refractivity contribution in [3.63, 3.8) is 0 Å². The van der Waals surface area contributed by atoms with Gasteiger partial charge < -0.3 is 15.0 Å². The molecule has 0 bridgehead atoms. The van der Waals surface area contributed by atoms with Crippen molar-refractivity contribution in [3.05, 3.63) is 48.3 Å². The number of nitrogens with one attached hydrogen (secondary N) is 3. The lowest BCUT2D eigenvalue weighted by atomic mass is 10.3. The number of esters is 1. The maximum absolute atomic E-state index is 12.3. The summed E-state index contributed by atoms with van der Waals surface area (Å²) in [5, 5.41) is 2.52. The van der Waals surface area contributed by atoms with Gasteiger partial charge in [-0.2, -0.15) is 4.72 Å². The molecule has 2 aromatic rings. The number of benzene rings is 1. The minimum atomic E-state index is -3.99. The summed E-state index contributed by atoms with van der Waals surface area (Å²) in [6.45, 7) is 2.14. The summed E-state index contributed by atoms with van der Waals surface area (Å²) in [6.07, 6.45) is 1.56. The predicted octanol–water partition coefficient (Wildman–Crippen LogP) is 1.07. The van der Waals surface area contributed by atoms with Crippen LogP contribution in [-0.2, 0) is 24.3 Å². The van der Waals surface area contributed by atoms with E-state index in [-0.39, 0.29) is 16.5 Å². The predicted molar refractivity (Wildman–Crippen MR) is 96.6 cm³/mol. The summed E-state index contributed by atoms with van der Waals surface area (Å²) in [7, 11) is -3.99. The maximum Gasteiger partial charge on any atom is 0.324 e. The summed E-state index contributed by atoms with van der Waals surface area (Å²) in [6, 6.07) is 7.40. The van der Waals surface area contributed by atoms with E-state index in [1.165, 1.54) is 44.2 Å². The van der Waals surface area contributed by atoms with Gasteiger partial charge in [0.05, 0.1) is 10.6 Å². The molecule has 1 amide bonds. The molecule has 0 saturated carbocycles. The molecule has 1 aromatic carbocycles. The molecule has 0 saturated heterocycles. The molecule has 0 aliphatic rings. The van der Waals surface area contributed by atoms with Crippen LogP contribution in [0.4, 0.5) is 5.69 Å². The van der Waals surface area contributed by atoms with Crippen LogP contribution < -0.4 is 10.0 Å². The van der Waals surface area contributed by atoms with E-state index in [9.17, 15) is 22.8 Å². The van der Waals surface area contributed by atoms with Crippen LogP contribution in [0.3, 0.4) is 0 Å². The first kappa shape index (κ1) is 20.3. The molecule has 0 spiro atoms. The van der Waals surface area contributed by atoms with E-state index in [1.807, 2.05) is 0 Å². The van der Waals surface area contributed by atoms with Crippen LogP contribution in [0.25, 0.3) is 0 Å².